The maximum Gasteiger partial charge on any atom is 0.0709 e. The largest absolute Gasteiger partial charge is 0.309 e. The van der Waals surface area contributed by atoms with Crippen LogP contribution in [-0.4, -0.2) is 14.5 Å². The maximum absolute atomic E-state index is 5.38. The van der Waals surface area contributed by atoms with Gasteiger partial charge in [0, 0.05) is 45.4 Å². The molecule has 284 valence electrons. The average Bonchev–Trinajstić information content (AvgIpc) is 3.68. The predicted octanol–water partition coefficient (Wildman–Crippen LogP) is 15.4. The summed E-state index contributed by atoms with van der Waals surface area (Å²) in [6.45, 7) is 0. The first kappa shape index (κ1) is 34.9. The molecule has 3 heterocycles. The summed E-state index contributed by atoms with van der Waals surface area (Å²) in [5.41, 5.74) is 14.7. The van der Waals surface area contributed by atoms with Gasteiger partial charge in [-0.05, 0) is 109 Å². The van der Waals surface area contributed by atoms with Crippen LogP contribution in [-0.2, 0) is 0 Å². The summed E-state index contributed by atoms with van der Waals surface area (Å²) in [4.78, 5) is 9.96. The lowest BCUT2D eigenvalue weighted by Gasteiger charge is -2.18. The minimum absolute atomic E-state index is 0.932. The fraction of sp³-hybridized carbons (Fsp3) is 0. The van der Waals surface area contributed by atoms with Crippen molar-refractivity contribution >= 4 is 54.1 Å². The van der Waals surface area contributed by atoms with E-state index in [0.29, 0.717) is 0 Å². The Morgan fingerprint density at radius 1 is 0.328 bits per heavy atom. The van der Waals surface area contributed by atoms with Crippen LogP contribution in [0.1, 0.15) is 0 Å². The summed E-state index contributed by atoms with van der Waals surface area (Å²) in [6.07, 6.45) is 3.89. The molecule has 0 aliphatic rings. The van der Waals surface area contributed by atoms with Gasteiger partial charge in [-0.25, -0.2) is 4.98 Å². The third-order valence-corrected chi connectivity index (χ3v) is 12.2. The van der Waals surface area contributed by atoms with E-state index in [4.69, 9.17) is 4.98 Å². The summed E-state index contributed by atoms with van der Waals surface area (Å²) >= 11 is 0. The molecule has 0 amide bonds. The summed E-state index contributed by atoms with van der Waals surface area (Å²) in [6, 6.07) is 76.4. The quantitative estimate of drug-likeness (QED) is 0.158. The smallest absolute Gasteiger partial charge is 0.0709 e. The van der Waals surface area contributed by atoms with Crippen LogP contribution in [0, 0.1) is 0 Å². The lowest BCUT2D eigenvalue weighted by Crippen LogP contribution is -1.94. The van der Waals surface area contributed by atoms with Crippen molar-refractivity contribution in [1.29, 1.82) is 0 Å². The molecule has 3 heteroatoms. The first-order chi connectivity index (χ1) is 30.3. The van der Waals surface area contributed by atoms with Crippen molar-refractivity contribution in [2.45, 2.75) is 0 Å². The van der Waals surface area contributed by atoms with Gasteiger partial charge in [-0.3, -0.25) is 4.98 Å². The maximum atomic E-state index is 5.38. The zero-order valence-electron chi connectivity index (χ0n) is 33.2. The van der Waals surface area contributed by atoms with Crippen LogP contribution < -0.4 is 0 Å². The lowest BCUT2D eigenvalue weighted by molar-refractivity contribution is 1.18. The zero-order valence-corrected chi connectivity index (χ0v) is 33.2. The number of hydrogen-bond acceptors (Lipinski definition) is 2. The van der Waals surface area contributed by atoms with Crippen LogP contribution in [0.15, 0.2) is 225 Å². The third kappa shape index (κ3) is 5.74. The Bertz CT molecular complexity index is 3630. The van der Waals surface area contributed by atoms with E-state index in [2.05, 4.69) is 222 Å². The molecule has 61 heavy (non-hydrogen) atoms. The minimum atomic E-state index is 0.932. The molecule has 0 bridgehead atoms. The van der Waals surface area contributed by atoms with Gasteiger partial charge < -0.3 is 4.57 Å². The Balaban J connectivity index is 1.02. The van der Waals surface area contributed by atoms with E-state index in [-0.39, 0.29) is 0 Å². The Labute approximate surface area is 353 Å². The molecule has 12 aromatic rings. The average molecular weight is 776 g/mol. The van der Waals surface area contributed by atoms with Crippen LogP contribution in [0.5, 0.6) is 0 Å². The number of para-hydroxylation sites is 1. The van der Waals surface area contributed by atoms with E-state index in [1.165, 1.54) is 71.0 Å². The fourth-order valence-corrected chi connectivity index (χ4v) is 9.57. The van der Waals surface area contributed by atoms with Crippen molar-refractivity contribution in [3.63, 3.8) is 0 Å². The third-order valence-electron chi connectivity index (χ3n) is 12.2. The van der Waals surface area contributed by atoms with Gasteiger partial charge in [-0.2, -0.15) is 0 Å². The second kappa shape index (κ2) is 14.3. The molecule has 0 saturated carbocycles. The highest BCUT2D eigenvalue weighted by Crippen LogP contribution is 2.45. The standard InChI is InChI=1S/C58H37N3/c1-4-16-38(17-5-1)56-45-25-11-12-26-46(45)57(39-18-6-2-7-19-39)50-35-42(30-31-47(50)56)54-29-15-28-53(60-54)41-21-14-20-40(34-41)49-36-51-52-37-59-33-32-55(52)61(43-22-8-3-9-23-43)58(51)48-27-13-10-24-44(48)49/h1-37H. The van der Waals surface area contributed by atoms with E-state index in [1.807, 2.05) is 12.4 Å². The van der Waals surface area contributed by atoms with Gasteiger partial charge in [-0.15, -0.1) is 0 Å². The molecular formula is C58H37N3. The summed E-state index contributed by atoms with van der Waals surface area (Å²) in [5, 5.41) is 9.64. The van der Waals surface area contributed by atoms with E-state index in [9.17, 15) is 0 Å². The molecule has 12 rings (SSSR count). The van der Waals surface area contributed by atoms with Crippen LogP contribution in [0.2, 0.25) is 0 Å². The Hall–Kier alpha value is -8.14. The van der Waals surface area contributed by atoms with Crippen LogP contribution in [0.25, 0.3) is 116 Å². The molecule has 0 aliphatic heterocycles. The second-order valence-corrected chi connectivity index (χ2v) is 15.7. The number of fused-ring (bicyclic) bond motifs is 7. The summed E-state index contributed by atoms with van der Waals surface area (Å²) in [7, 11) is 0. The first-order valence-electron chi connectivity index (χ1n) is 20.8. The second-order valence-electron chi connectivity index (χ2n) is 15.7. The molecule has 0 unspecified atom stereocenters. The molecule has 0 aliphatic carbocycles. The summed E-state index contributed by atoms with van der Waals surface area (Å²) < 4.78 is 2.38. The molecule has 0 atom stereocenters. The van der Waals surface area contributed by atoms with Crippen molar-refractivity contribution in [2.75, 3.05) is 0 Å². The minimum Gasteiger partial charge on any atom is -0.309 e. The molecule has 0 radical (unpaired) electrons. The molecule has 3 nitrogen and oxygen atoms in total. The van der Waals surface area contributed by atoms with Crippen molar-refractivity contribution in [3.05, 3.63) is 225 Å². The monoisotopic (exact) mass is 775 g/mol. The highest BCUT2D eigenvalue weighted by Gasteiger charge is 2.20. The molecule has 3 aromatic heterocycles. The van der Waals surface area contributed by atoms with Gasteiger partial charge in [0.15, 0.2) is 0 Å². The molecular weight excluding hydrogens is 739 g/mol. The van der Waals surface area contributed by atoms with E-state index < -0.39 is 0 Å². The Morgan fingerprint density at radius 2 is 0.869 bits per heavy atom. The van der Waals surface area contributed by atoms with Crippen LogP contribution in [0.3, 0.4) is 0 Å². The normalized spacial score (nSPS) is 11.6. The molecule has 0 spiro atoms. The molecule has 0 N–H and O–H groups in total. The molecule has 0 saturated heterocycles. The molecule has 9 aromatic carbocycles. The predicted molar refractivity (Wildman–Crippen MR) is 256 cm³/mol. The first-order valence-corrected chi connectivity index (χ1v) is 20.8. The SMILES string of the molecule is c1ccc(-c2c3ccccc3c(-c3ccccc3)c3cc(-c4cccc(-c5cccc(-c6cc7c8cnccc8n(-c8ccccc8)c7c7ccccc67)c5)n4)ccc23)cc1. The lowest BCUT2D eigenvalue weighted by atomic mass is 9.85. The van der Waals surface area contributed by atoms with E-state index in [0.717, 1.165) is 44.7 Å². The summed E-state index contributed by atoms with van der Waals surface area (Å²) in [5.74, 6) is 0. The number of aromatic nitrogens is 3. The van der Waals surface area contributed by atoms with Crippen molar-refractivity contribution in [1.82, 2.24) is 14.5 Å². The van der Waals surface area contributed by atoms with Gasteiger partial charge in [-0.1, -0.05) is 164 Å². The van der Waals surface area contributed by atoms with Gasteiger partial charge in [0.05, 0.1) is 22.4 Å². The van der Waals surface area contributed by atoms with Gasteiger partial charge >= 0.3 is 0 Å². The van der Waals surface area contributed by atoms with Gasteiger partial charge in [0.2, 0.25) is 0 Å². The van der Waals surface area contributed by atoms with Gasteiger partial charge in [0.25, 0.3) is 0 Å². The number of nitrogens with zero attached hydrogens (tertiary/aromatic N) is 3. The van der Waals surface area contributed by atoms with E-state index >= 15 is 0 Å². The van der Waals surface area contributed by atoms with Crippen molar-refractivity contribution < 1.29 is 0 Å². The number of hydrogen-bond donors (Lipinski definition) is 0. The number of pyridine rings is 2. The van der Waals surface area contributed by atoms with Gasteiger partial charge in [0.1, 0.15) is 0 Å². The topological polar surface area (TPSA) is 30.7 Å². The Kier molecular flexibility index (Phi) is 8.17. The van der Waals surface area contributed by atoms with Crippen molar-refractivity contribution in [3.8, 4) is 61.6 Å². The van der Waals surface area contributed by atoms with Crippen LogP contribution in [0.4, 0.5) is 0 Å². The van der Waals surface area contributed by atoms with Crippen LogP contribution >= 0.6 is 0 Å². The molecule has 0 fully saturated rings. The zero-order chi connectivity index (χ0) is 40.3. The highest BCUT2D eigenvalue weighted by molar-refractivity contribution is 6.23. The highest BCUT2D eigenvalue weighted by atomic mass is 15.0. The number of benzene rings is 9. The number of rotatable bonds is 6. The Morgan fingerprint density at radius 3 is 1.57 bits per heavy atom. The van der Waals surface area contributed by atoms with E-state index in [1.54, 1.807) is 0 Å². The van der Waals surface area contributed by atoms with Crippen molar-refractivity contribution in [2.24, 2.45) is 0 Å². The fourth-order valence-electron chi connectivity index (χ4n) is 9.57.